The first-order valence-corrected chi connectivity index (χ1v) is 9.79. The number of hydrogen-bond acceptors (Lipinski definition) is 6. The number of para-hydroxylation sites is 1. The van der Waals surface area contributed by atoms with Crippen molar-refractivity contribution in [2.45, 2.75) is 18.7 Å². The van der Waals surface area contributed by atoms with Crippen molar-refractivity contribution in [3.63, 3.8) is 0 Å². The summed E-state index contributed by atoms with van der Waals surface area (Å²) >= 11 is 0. The molecule has 0 saturated carbocycles. The predicted octanol–water partition coefficient (Wildman–Crippen LogP) is 2.48. The van der Waals surface area contributed by atoms with Crippen LogP contribution >= 0.6 is 0 Å². The Kier molecular flexibility index (Phi) is 8.81. The molecule has 2 aromatic rings. The molecule has 0 fully saturated rings. The van der Waals surface area contributed by atoms with Crippen molar-refractivity contribution in [2.24, 2.45) is 0 Å². The molecule has 8 heteroatoms. The fourth-order valence-corrected chi connectivity index (χ4v) is 2.43. The van der Waals surface area contributed by atoms with Crippen LogP contribution in [-0.4, -0.2) is 57.0 Å². The SMILES string of the molecule is COc1ccccc1C(=O)COC(C)=[N+](C)C.Cc1ccc(S(=O)(=O)[O-])cc1. The Bertz CT molecular complexity index is 929. The second-order valence-corrected chi connectivity index (χ2v) is 7.47. The molecule has 0 unspecified atom stereocenters. The van der Waals surface area contributed by atoms with Gasteiger partial charge in [-0.15, -0.1) is 0 Å². The number of rotatable bonds is 5. The first-order valence-electron chi connectivity index (χ1n) is 8.38. The molecule has 0 spiro atoms. The van der Waals surface area contributed by atoms with E-state index in [1.54, 1.807) is 37.4 Å². The zero-order chi connectivity index (χ0) is 21.3. The molecule has 0 aliphatic rings. The second kappa shape index (κ2) is 10.6. The molecule has 0 bridgehead atoms. The summed E-state index contributed by atoms with van der Waals surface area (Å²) in [5.41, 5.74) is 1.47. The highest BCUT2D eigenvalue weighted by Crippen LogP contribution is 2.17. The zero-order valence-corrected chi connectivity index (χ0v) is 17.4. The van der Waals surface area contributed by atoms with Crippen LogP contribution in [-0.2, 0) is 14.9 Å². The summed E-state index contributed by atoms with van der Waals surface area (Å²) in [4.78, 5) is 11.7. The molecule has 0 amide bonds. The number of Topliss-reactive ketones (excluding diaryl/α,β-unsaturated/α-hetero) is 1. The average molecular weight is 407 g/mol. The van der Waals surface area contributed by atoms with E-state index in [1.807, 2.05) is 38.6 Å². The van der Waals surface area contributed by atoms with Crippen molar-refractivity contribution in [1.29, 1.82) is 0 Å². The van der Waals surface area contributed by atoms with Gasteiger partial charge < -0.3 is 14.0 Å². The van der Waals surface area contributed by atoms with Gasteiger partial charge in [-0.2, -0.15) is 0 Å². The normalized spacial score (nSPS) is 10.4. The quantitative estimate of drug-likeness (QED) is 0.248. The third-order valence-corrected chi connectivity index (χ3v) is 4.61. The average Bonchev–Trinajstić information content (AvgIpc) is 2.65. The summed E-state index contributed by atoms with van der Waals surface area (Å²) in [5, 5.41) is 0. The van der Waals surface area contributed by atoms with Crippen LogP contribution in [0.15, 0.2) is 53.4 Å². The number of carbonyl (C=O) groups is 1. The van der Waals surface area contributed by atoms with Gasteiger partial charge in [-0.25, -0.2) is 13.0 Å². The molecule has 152 valence electrons. The maximum absolute atomic E-state index is 11.9. The van der Waals surface area contributed by atoms with Gasteiger partial charge in [0.05, 0.1) is 24.5 Å². The van der Waals surface area contributed by atoms with E-state index >= 15 is 0 Å². The van der Waals surface area contributed by atoms with E-state index in [4.69, 9.17) is 9.47 Å². The van der Waals surface area contributed by atoms with Gasteiger partial charge in [-0.05, 0) is 31.2 Å². The lowest BCUT2D eigenvalue weighted by molar-refractivity contribution is -0.474. The molecule has 0 heterocycles. The van der Waals surface area contributed by atoms with E-state index < -0.39 is 10.1 Å². The Balaban J connectivity index is 0.000000307. The molecule has 0 aliphatic carbocycles. The number of carbonyl (C=O) groups excluding carboxylic acids is 1. The Morgan fingerprint density at radius 3 is 2.14 bits per heavy atom. The minimum atomic E-state index is -4.27. The minimum absolute atomic E-state index is 0.0182. The molecule has 0 atom stereocenters. The van der Waals surface area contributed by atoms with Gasteiger partial charge in [-0.1, -0.05) is 29.8 Å². The topological polar surface area (TPSA) is 95.7 Å². The highest BCUT2D eigenvalue weighted by molar-refractivity contribution is 7.85. The monoisotopic (exact) mass is 407 g/mol. The molecule has 0 N–H and O–H groups in total. The number of ketones is 1. The van der Waals surface area contributed by atoms with E-state index in [1.165, 1.54) is 12.1 Å². The third kappa shape index (κ3) is 7.50. The van der Waals surface area contributed by atoms with Gasteiger partial charge in [0.2, 0.25) is 5.78 Å². The third-order valence-electron chi connectivity index (χ3n) is 3.76. The predicted molar refractivity (Wildman–Crippen MR) is 105 cm³/mol. The van der Waals surface area contributed by atoms with Gasteiger partial charge in [-0.3, -0.25) is 4.79 Å². The van der Waals surface area contributed by atoms with Crippen molar-refractivity contribution in [1.82, 2.24) is 0 Å². The Labute approximate surface area is 166 Å². The lowest BCUT2D eigenvalue weighted by Gasteiger charge is -2.07. The Hall–Kier alpha value is -2.71. The standard InChI is InChI=1S/C13H18NO3.C7H8O3S/c1-10(14(2)3)17-9-12(15)11-7-5-6-8-13(11)16-4;1-6-2-4-7(5-3-6)11(8,9)10/h5-8H,9H2,1-4H3;2-5H,1H3,(H,8,9,10)/q+1;/p-1. The summed E-state index contributed by atoms with van der Waals surface area (Å²) < 4.78 is 43.5. The summed E-state index contributed by atoms with van der Waals surface area (Å²) in [6.07, 6.45) is 0. The van der Waals surface area contributed by atoms with Crippen molar-refractivity contribution < 1.29 is 31.8 Å². The lowest BCUT2D eigenvalue weighted by Crippen LogP contribution is -2.18. The van der Waals surface area contributed by atoms with Crippen LogP contribution in [0.5, 0.6) is 5.75 Å². The number of ether oxygens (including phenoxy) is 2. The first kappa shape index (κ1) is 23.3. The van der Waals surface area contributed by atoms with E-state index in [9.17, 15) is 17.8 Å². The molecule has 0 radical (unpaired) electrons. The van der Waals surface area contributed by atoms with Crippen LogP contribution in [0, 0.1) is 6.92 Å². The lowest BCUT2D eigenvalue weighted by atomic mass is 10.1. The van der Waals surface area contributed by atoms with E-state index in [2.05, 4.69) is 0 Å². The molecule has 0 saturated heterocycles. The molecule has 28 heavy (non-hydrogen) atoms. The number of aryl methyl sites for hydroxylation is 1. The Morgan fingerprint density at radius 1 is 1.07 bits per heavy atom. The zero-order valence-electron chi connectivity index (χ0n) is 16.6. The van der Waals surface area contributed by atoms with Gasteiger partial charge in [0.1, 0.15) is 30.0 Å². The summed E-state index contributed by atoms with van der Waals surface area (Å²) in [6, 6.07) is 12.9. The summed E-state index contributed by atoms with van der Waals surface area (Å²) in [5.74, 6) is 1.18. The molecule has 2 rings (SSSR count). The van der Waals surface area contributed by atoms with Crippen molar-refractivity contribution in [2.75, 3.05) is 27.8 Å². The van der Waals surface area contributed by atoms with Crippen LogP contribution in [0.3, 0.4) is 0 Å². The van der Waals surface area contributed by atoms with Crippen LogP contribution in [0.4, 0.5) is 0 Å². The smallest absolute Gasteiger partial charge is 0.333 e. The number of hydrogen-bond donors (Lipinski definition) is 0. The molecule has 7 nitrogen and oxygen atoms in total. The van der Waals surface area contributed by atoms with E-state index in [0.29, 0.717) is 17.2 Å². The maximum Gasteiger partial charge on any atom is 0.333 e. The highest BCUT2D eigenvalue weighted by Gasteiger charge is 2.13. The summed E-state index contributed by atoms with van der Waals surface area (Å²) in [7, 11) is 1.00. The number of nitrogens with zero attached hydrogens (tertiary/aromatic N) is 1. The fraction of sp³-hybridized carbons (Fsp3) is 0.300. The molecule has 0 aliphatic heterocycles. The van der Waals surface area contributed by atoms with Gasteiger partial charge in [0.25, 0.3) is 0 Å². The van der Waals surface area contributed by atoms with Crippen molar-refractivity contribution >= 4 is 21.8 Å². The molecule has 2 aromatic carbocycles. The number of methoxy groups -OCH3 is 1. The van der Waals surface area contributed by atoms with Gasteiger partial charge in [0.15, 0.2) is 6.61 Å². The fourth-order valence-electron chi connectivity index (χ4n) is 1.96. The van der Waals surface area contributed by atoms with Crippen molar-refractivity contribution in [3.05, 3.63) is 59.7 Å². The molecular formula is C20H25NO6S. The Morgan fingerprint density at radius 2 is 1.64 bits per heavy atom. The van der Waals surface area contributed by atoms with E-state index in [0.717, 1.165) is 5.56 Å². The van der Waals surface area contributed by atoms with Crippen LogP contribution in [0.2, 0.25) is 0 Å². The summed E-state index contributed by atoms with van der Waals surface area (Å²) in [6.45, 7) is 3.65. The number of benzene rings is 2. The van der Waals surface area contributed by atoms with E-state index in [-0.39, 0.29) is 17.3 Å². The largest absolute Gasteiger partial charge is 0.744 e. The second-order valence-electron chi connectivity index (χ2n) is 6.09. The van der Waals surface area contributed by atoms with Crippen LogP contribution < -0.4 is 4.74 Å². The highest BCUT2D eigenvalue weighted by atomic mass is 32.2. The van der Waals surface area contributed by atoms with Crippen LogP contribution in [0.25, 0.3) is 0 Å². The maximum atomic E-state index is 11.9. The van der Waals surface area contributed by atoms with Crippen LogP contribution in [0.1, 0.15) is 22.8 Å². The molecule has 0 aromatic heterocycles. The molecular weight excluding hydrogens is 382 g/mol. The van der Waals surface area contributed by atoms with Gasteiger partial charge >= 0.3 is 5.90 Å². The first-order chi connectivity index (χ1) is 13.1. The van der Waals surface area contributed by atoms with Gasteiger partial charge in [0, 0.05) is 0 Å². The minimum Gasteiger partial charge on any atom is -0.744 e. The van der Waals surface area contributed by atoms with Crippen molar-refractivity contribution in [3.8, 4) is 5.75 Å².